The maximum atomic E-state index is 10.5. The van der Waals surface area contributed by atoms with Crippen LogP contribution >= 0.6 is 7.82 Å². The van der Waals surface area contributed by atoms with Crippen LogP contribution in [0.15, 0.2) is 0 Å². The van der Waals surface area contributed by atoms with Crippen LogP contribution in [0.2, 0.25) is 0 Å². The molecular weight excluding hydrogens is 259 g/mol. The molecule has 0 rings (SSSR count). The number of carbonyl (C=O) groups is 1. The molecule has 0 aromatic rings. The summed E-state index contributed by atoms with van der Waals surface area (Å²) in [5.74, 6) is -0.847. The van der Waals surface area contributed by atoms with Gasteiger partial charge in [0.15, 0.2) is 0 Å². The minimum absolute atomic E-state index is 0. The summed E-state index contributed by atoms with van der Waals surface area (Å²) < 4.78 is 13.8. The van der Waals surface area contributed by atoms with Crippen molar-refractivity contribution in [2.75, 3.05) is 0 Å². The molecular formula is C5H13O5PSr. The molecule has 7 heteroatoms. The van der Waals surface area contributed by atoms with E-state index in [4.69, 9.17) is 9.79 Å². The summed E-state index contributed by atoms with van der Waals surface area (Å²) in [6.45, 7) is 1.87. The van der Waals surface area contributed by atoms with E-state index in [1.165, 1.54) is 0 Å². The van der Waals surface area contributed by atoms with Gasteiger partial charge < -0.3 is 7.38 Å². The van der Waals surface area contributed by atoms with Crippen LogP contribution in [-0.2, 0) is 13.9 Å². The van der Waals surface area contributed by atoms with Gasteiger partial charge in [-0.25, -0.2) is 4.57 Å². The molecule has 0 unspecified atom stereocenters. The Morgan fingerprint density at radius 1 is 1.58 bits per heavy atom. The number of phosphoric acid groups is 1. The van der Waals surface area contributed by atoms with Gasteiger partial charge in [-0.1, -0.05) is 13.3 Å². The zero-order chi connectivity index (χ0) is 8.91. The van der Waals surface area contributed by atoms with Crippen LogP contribution < -0.4 is 0 Å². The number of hydrogen-bond acceptors (Lipinski definition) is 3. The molecule has 0 aromatic carbocycles. The van der Waals surface area contributed by atoms with Crippen LogP contribution in [0.5, 0.6) is 0 Å². The second kappa shape index (κ2) is 7.50. The Kier molecular flexibility index (Phi) is 9.73. The van der Waals surface area contributed by atoms with E-state index in [0.717, 1.165) is 6.42 Å². The van der Waals surface area contributed by atoms with E-state index < -0.39 is 13.8 Å². The first-order valence-electron chi connectivity index (χ1n) is 3.23. The molecule has 0 aliphatic heterocycles. The van der Waals surface area contributed by atoms with Gasteiger partial charge >= 0.3 is 59.3 Å². The Morgan fingerprint density at radius 3 is 2.42 bits per heavy atom. The Hall–Kier alpha value is 1.10. The third kappa shape index (κ3) is 11.1. The molecule has 0 aliphatic rings. The molecule has 0 amide bonds. The van der Waals surface area contributed by atoms with Crippen molar-refractivity contribution in [3.05, 3.63) is 0 Å². The van der Waals surface area contributed by atoms with Crippen LogP contribution in [0.1, 0.15) is 29.0 Å². The smallest absolute Gasteiger partial charge is 1.00 e. The van der Waals surface area contributed by atoms with Gasteiger partial charge in [-0.3, -0.25) is 14.6 Å². The standard InChI is InChI=1S/C5H11O5P.Sr.2H/c1-2-3-4-5(6)10-11(7,8)9;;;/h2-4H2,1H3,(H2,7,8,9);;;/q;+2;2*-1. The fourth-order valence-electron chi connectivity index (χ4n) is 0.499. The topological polar surface area (TPSA) is 83.8 Å². The third-order valence-corrected chi connectivity index (χ3v) is 1.40. The molecule has 0 spiro atoms. The number of phosphoric ester groups is 1. The summed E-state index contributed by atoms with van der Waals surface area (Å²) in [5.41, 5.74) is 0. The summed E-state index contributed by atoms with van der Waals surface area (Å²) in [5, 5.41) is 0. The van der Waals surface area contributed by atoms with Gasteiger partial charge in [-0.2, -0.15) is 0 Å². The van der Waals surface area contributed by atoms with E-state index in [1.807, 2.05) is 6.92 Å². The number of unbranched alkanes of at least 4 members (excludes halogenated alkanes) is 1. The summed E-state index contributed by atoms with van der Waals surface area (Å²) in [6.07, 6.45) is 1.43. The Morgan fingerprint density at radius 2 is 2.08 bits per heavy atom. The van der Waals surface area contributed by atoms with Gasteiger partial charge in [-0.15, -0.1) is 0 Å². The second-order valence-corrected chi connectivity index (χ2v) is 3.22. The zero-order valence-electron chi connectivity index (χ0n) is 8.89. The van der Waals surface area contributed by atoms with E-state index in [0.29, 0.717) is 6.42 Å². The molecule has 0 saturated heterocycles. The quantitative estimate of drug-likeness (QED) is 0.580. The van der Waals surface area contributed by atoms with Crippen LogP contribution in [-0.4, -0.2) is 61.2 Å². The van der Waals surface area contributed by atoms with Crippen molar-refractivity contribution in [2.45, 2.75) is 26.2 Å². The van der Waals surface area contributed by atoms with Crippen LogP contribution in [0.25, 0.3) is 0 Å². The summed E-state index contributed by atoms with van der Waals surface area (Å²) in [4.78, 5) is 26.8. The number of carbonyl (C=O) groups excluding carboxylic acids is 1. The van der Waals surface area contributed by atoms with E-state index >= 15 is 0 Å². The Labute approximate surface area is 111 Å². The predicted octanol–water partition coefficient (Wildman–Crippen LogP) is 0.657. The molecule has 0 aromatic heterocycles. The fraction of sp³-hybridized carbons (Fsp3) is 0.800. The van der Waals surface area contributed by atoms with E-state index in [-0.39, 0.29) is 54.8 Å². The molecule has 0 bridgehead atoms. The maximum Gasteiger partial charge on any atom is 2.00 e. The van der Waals surface area contributed by atoms with Gasteiger partial charge in [0.1, 0.15) is 0 Å². The monoisotopic (exact) mass is 272 g/mol. The third-order valence-electron chi connectivity index (χ3n) is 0.955. The number of hydrogen-bond donors (Lipinski definition) is 2. The normalized spacial score (nSPS) is 10.2. The van der Waals surface area contributed by atoms with E-state index in [9.17, 15) is 9.36 Å². The second-order valence-electron chi connectivity index (χ2n) is 2.06. The van der Waals surface area contributed by atoms with Gasteiger partial charge in [0.2, 0.25) is 0 Å². The average molecular weight is 272 g/mol. The predicted molar refractivity (Wildman–Crippen MR) is 45.6 cm³/mol. The van der Waals surface area contributed by atoms with Crippen molar-refractivity contribution >= 4 is 59.3 Å². The van der Waals surface area contributed by atoms with E-state index in [1.54, 1.807) is 0 Å². The summed E-state index contributed by atoms with van der Waals surface area (Å²) in [6, 6.07) is 0. The first-order chi connectivity index (χ1) is 4.95. The van der Waals surface area contributed by atoms with Gasteiger partial charge in [-0.05, 0) is 6.42 Å². The molecule has 0 heterocycles. The minimum atomic E-state index is -4.61. The zero-order valence-corrected chi connectivity index (χ0v) is 11.3. The molecule has 0 saturated carbocycles. The van der Waals surface area contributed by atoms with Crippen molar-refractivity contribution in [2.24, 2.45) is 0 Å². The minimum Gasteiger partial charge on any atom is -1.00 e. The Balaban J connectivity index is -0.000000167. The SMILES string of the molecule is CCCCC(=O)OP(=O)(O)O.[H-].[H-].[Sr+2]. The molecule has 2 N–H and O–H groups in total. The fourth-order valence-corrected chi connectivity index (χ4v) is 0.856. The average Bonchev–Trinajstić information content (AvgIpc) is 1.79. The summed E-state index contributed by atoms with van der Waals surface area (Å²) in [7, 11) is -4.61. The van der Waals surface area contributed by atoms with Crippen LogP contribution in [0, 0.1) is 0 Å². The molecule has 0 atom stereocenters. The molecule has 0 aliphatic carbocycles. The van der Waals surface area contributed by atoms with E-state index in [2.05, 4.69) is 4.52 Å². The van der Waals surface area contributed by atoms with Crippen LogP contribution in [0.3, 0.4) is 0 Å². The largest absolute Gasteiger partial charge is 2.00 e. The molecule has 70 valence electrons. The van der Waals surface area contributed by atoms with Gasteiger partial charge in [0, 0.05) is 6.42 Å². The first kappa shape index (κ1) is 15.6. The van der Waals surface area contributed by atoms with Crippen LogP contribution in [0.4, 0.5) is 0 Å². The maximum absolute atomic E-state index is 10.5. The van der Waals surface area contributed by atoms with Gasteiger partial charge in [0.05, 0.1) is 0 Å². The van der Waals surface area contributed by atoms with Crippen molar-refractivity contribution in [3.63, 3.8) is 0 Å². The van der Waals surface area contributed by atoms with Crippen molar-refractivity contribution in [1.82, 2.24) is 0 Å². The number of rotatable bonds is 4. The molecule has 0 fully saturated rings. The molecule has 5 nitrogen and oxygen atoms in total. The van der Waals surface area contributed by atoms with Crippen molar-refractivity contribution < 1.29 is 26.5 Å². The Bertz CT molecular complexity index is 185. The molecule has 12 heavy (non-hydrogen) atoms. The molecule has 0 radical (unpaired) electrons. The first-order valence-corrected chi connectivity index (χ1v) is 4.76. The summed E-state index contributed by atoms with van der Waals surface area (Å²) >= 11 is 0. The van der Waals surface area contributed by atoms with Crippen molar-refractivity contribution in [1.29, 1.82) is 0 Å². The van der Waals surface area contributed by atoms with Crippen molar-refractivity contribution in [3.8, 4) is 0 Å². The van der Waals surface area contributed by atoms with Gasteiger partial charge in [0.25, 0.3) is 0 Å².